The number of aryl methyl sites for hydroxylation is 1. The van der Waals surface area contributed by atoms with Gasteiger partial charge in [0.1, 0.15) is 11.6 Å². The van der Waals surface area contributed by atoms with Crippen molar-refractivity contribution in [2.75, 3.05) is 24.6 Å². The van der Waals surface area contributed by atoms with Gasteiger partial charge in [0.05, 0.1) is 5.60 Å². The van der Waals surface area contributed by atoms with Crippen LogP contribution in [-0.2, 0) is 4.74 Å². The molecule has 0 N–H and O–H groups in total. The van der Waals surface area contributed by atoms with E-state index in [1.807, 2.05) is 6.92 Å². The van der Waals surface area contributed by atoms with E-state index >= 15 is 0 Å². The zero-order valence-electron chi connectivity index (χ0n) is 13.0. The summed E-state index contributed by atoms with van der Waals surface area (Å²) in [5, 5.41) is 0. The summed E-state index contributed by atoms with van der Waals surface area (Å²) < 4.78 is 6.13. The first-order chi connectivity index (χ1) is 10.2. The fraction of sp³-hybridized carbons (Fsp3) is 0.765. The van der Waals surface area contributed by atoms with Crippen LogP contribution >= 0.6 is 0 Å². The molecule has 1 saturated carbocycles. The SMILES string of the molecule is Cc1nc(C2CC2)cc(N2CCC3(CCCCO3)CC2)n1. The van der Waals surface area contributed by atoms with E-state index in [1.165, 1.54) is 37.8 Å². The number of rotatable bonds is 2. The van der Waals surface area contributed by atoms with Crippen LogP contribution in [0.25, 0.3) is 0 Å². The van der Waals surface area contributed by atoms with Gasteiger partial charge in [-0.1, -0.05) is 0 Å². The molecule has 3 aliphatic rings. The van der Waals surface area contributed by atoms with Crippen molar-refractivity contribution in [3.63, 3.8) is 0 Å². The Labute approximate surface area is 126 Å². The van der Waals surface area contributed by atoms with Crippen molar-refractivity contribution >= 4 is 5.82 Å². The third-order valence-corrected chi connectivity index (χ3v) is 5.27. The third kappa shape index (κ3) is 2.78. The lowest BCUT2D eigenvalue weighted by atomic mass is 9.84. The highest BCUT2D eigenvalue weighted by atomic mass is 16.5. The summed E-state index contributed by atoms with van der Waals surface area (Å²) in [6.45, 7) is 5.12. The molecule has 1 aliphatic carbocycles. The van der Waals surface area contributed by atoms with E-state index in [2.05, 4.69) is 20.9 Å². The van der Waals surface area contributed by atoms with Gasteiger partial charge in [0.2, 0.25) is 0 Å². The van der Waals surface area contributed by atoms with Crippen LogP contribution in [0.2, 0.25) is 0 Å². The molecule has 114 valence electrons. The van der Waals surface area contributed by atoms with Crippen LogP contribution in [-0.4, -0.2) is 35.3 Å². The summed E-state index contributed by atoms with van der Waals surface area (Å²) in [6.07, 6.45) is 8.71. The van der Waals surface area contributed by atoms with Crippen molar-refractivity contribution < 1.29 is 4.74 Å². The third-order valence-electron chi connectivity index (χ3n) is 5.27. The molecular formula is C17H25N3O. The van der Waals surface area contributed by atoms with Gasteiger partial charge in [-0.05, 0) is 51.9 Å². The second kappa shape index (κ2) is 5.24. The molecule has 3 heterocycles. The van der Waals surface area contributed by atoms with Crippen molar-refractivity contribution in [3.8, 4) is 0 Å². The Morgan fingerprint density at radius 3 is 2.62 bits per heavy atom. The minimum Gasteiger partial charge on any atom is -0.375 e. The van der Waals surface area contributed by atoms with Gasteiger partial charge in [-0.25, -0.2) is 9.97 Å². The average molecular weight is 287 g/mol. The molecule has 2 saturated heterocycles. The van der Waals surface area contributed by atoms with Gasteiger partial charge in [0.25, 0.3) is 0 Å². The largest absolute Gasteiger partial charge is 0.375 e. The lowest BCUT2D eigenvalue weighted by molar-refractivity contribution is -0.0921. The van der Waals surface area contributed by atoms with Crippen molar-refractivity contribution in [2.45, 2.75) is 63.4 Å². The molecule has 4 heteroatoms. The predicted molar refractivity (Wildman–Crippen MR) is 82.7 cm³/mol. The van der Waals surface area contributed by atoms with Gasteiger partial charge < -0.3 is 9.64 Å². The Kier molecular flexibility index (Phi) is 3.37. The molecular weight excluding hydrogens is 262 g/mol. The topological polar surface area (TPSA) is 38.2 Å². The molecule has 0 amide bonds. The van der Waals surface area contributed by atoms with E-state index in [0.717, 1.165) is 44.2 Å². The minimum absolute atomic E-state index is 0.177. The quantitative estimate of drug-likeness (QED) is 0.837. The summed E-state index contributed by atoms with van der Waals surface area (Å²) in [4.78, 5) is 11.7. The zero-order chi connectivity index (χ0) is 14.3. The number of aromatic nitrogens is 2. The van der Waals surface area contributed by atoms with Crippen molar-refractivity contribution in [1.82, 2.24) is 9.97 Å². The second-order valence-electron chi connectivity index (χ2n) is 6.95. The molecule has 0 radical (unpaired) electrons. The molecule has 4 rings (SSSR count). The van der Waals surface area contributed by atoms with Crippen LogP contribution in [0.4, 0.5) is 5.82 Å². The Bertz CT molecular complexity index is 511. The molecule has 21 heavy (non-hydrogen) atoms. The molecule has 3 fully saturated rings. The van der Waals surface area contributed by atoms with Gasteiger partial charge in [-0.2, -0.15) is 0 Å². The van der Waals surface area contributed by atoms with E-state index < -0.39 is 0 Å². The molecule has 0 aromatic carbocycles. The van der Waals surface area contributed by atoms with Crippen molar-refractivity contribution in [2.24, 2.45) is 0 Å². The maximum atomic E-state index is 6.13. The van der Waals surface area contributed by atoms with Crippen LogP contribution in [0.3, 0.4) is 0 Å². The summed E-state index contributed by atoms with van der Waals surface area (Å²) in [7, 11) is 0. The first kappa shape index (κ1) is 13.5. The molecule has 1 aromatic rings. The number of hydrogen-bond donors (Lipinski definition) is 0. The number of piperidine rings is 1. The highest BCUT2D eigenvalue weighted by molar-refractivity contribution is 5.42. The van der Waals surface area contributed by atoms with Crippen molar-refractivity contribution in [1.29, 1.82) is 0 Å². The standard InChI is InChI=1S/C17H25N3O/c1-13-18-15(14-4-5-14)12-16(19-13)20-9-7-17(8-10-20)6-2-3-11-21-17/h12,14H,2-11H2,1H3. The number of nitrogens with zero attached hydrogens (tertiary/aromatic N) is 3. The number of ether oxygens (including phenoxy) is 1. The number of anilines is 1. The first-order valence-corrected chi connectivity index (χ1v) is 8.49. The maximum absolute atomic E-state index is 6.13. The van der Waals surface area contributed by atoms with E-state index in [4.69, 9.17) is 4.74 Å². The first-order valence-electron chi connectivity index (χ1n) is 8.49. The Morgan fingerprint density at radius 1 is 1.14 bits per heavy atom. The second-order valence-corrected chi connectivity index (χ2v) is 6.95. The van der Waals surface area contributed by atoms with Crippen LogP contribution in [0.1, 0.15) is 62.4 Å². The van der Waals surface area contributed by atoms with E-state index in [0.29, 0.717) is 5.92 Å². The van der Waals surface area contributed by atoms with E-state index in [-0.39, 0.29) is 5.60 Å². The van der Waals surface area contributed by atoms with Gasteiger partial charge in [-0.3, -0.25) is 0 Å². The lowest BCUT2D eigenvalue weighted by Crippen LogP contribution is -2.48. The maximum Gasteiger partial charge on any atom is 0.132 e. The summed E-state index contributed by atoms with van der Waals surface area (Å²) >= 11 is 0. The van der Waals surface area contributed by atoms with Gasteiger partial charge in [0, 0.05) is 37.4 Å². The molecule has 1 aromatic heterocycles. The smallest absolute Gasteiger partial charge is 0.132 e. The summed E-state index contributed by atoms with van der Waals surface area (Å²) in [5.41, 5.74) is 1.43. The van der Waals surface area contributed by atoms with Gasteiger partial charge in [-0.15, -0.1) is 0 Å². The molecule has 0 atom stereocenters. The fourth-order valence-corrected chi connectivity index (χ4v) is 3.77. The Balaban J connectivity index is 1.48. The summed E-state index contributed by atoms with van der Waals surface area (Å²) in [5.74, 6) is 2.75. The van der Waals surface area contributed by atoms with Crippen LogP contribution in [0.15, 0.2) is 6.07 Å². The molecule has 1 spiro atoms. The lowest BCUT2D eigenvalue weighted by Gasteiger charge is -2.44. The monoisotopic (exact) mass is 287 g/mol. The zero-order valence-corrected chi connectivity index (χ0v) is 13.0. The molecule has 4 nitrogen and oxygen atoms in total. The van der Waals surface area contributed by atoms with Gasteiger partial charge >= 0.3 is 0 Å². The molecule has 2 aliphatic heterocycles. The van der Waals surface area contributed by atoms with Crippen molar-refractivity contribution in [3.05, 3.63) is 17.6 Å². The normalized spacial score (nSPS) is 25.3. The predicted octanol–water partition coefficient (Wildman–Crippen LogP) is 3.20. The minimum atomic E-state index is 0.177. The molecule has 0 unspecified atom stereocenters. The summed E-state index contributed by atoms with van der Waals surface area (Å²) in [6, 6.07) is 2.23. The average Bonchev–Trinajstić information content (AvgIpc) is 3.33. The fourth-order valence-electron chi connectivity index (χ4n) is 3.77. The highest BCUT2D eigenvalue weighted by Gasteiger charge is 2.37. The van der Waals surface area contributed by atoms with Gasteiger partial charge in [0.15, 0.2) is 0 Å². The highest BCUT2D eigenvalue weighted by Crippen LogP contribution is 2.40. The van der Waals surface area contributed by atoms with E-state index in [9.17, 15) is 0 Å². The van der Waals surface area contributed by atoms with Crippen LogP contribution < -0.4 is 4.90 Å². The van der Waals surface area contributed by atoms with E-state index in [1.54, 1.807) is 0 Å². The Hall–Kier alpha value is -1.16. The Morgan fingerprint density at radius 2 is 1.95 bits per heavy atom. The van der Waals surface area contributed by atoms with Crippen LogP contribution in [0, 0.1) is 6.92 Å². The van der Waals surface area contributed by atoms with Crippen LogP contribution in [0.5, 0.6) is 0 Å². The molecule has 0 bridgehead atoms. The number of hydrogen-bond acceptors (Lipinski definition) is 4.